The number of anilines is 1. The molecule has 0 saturated carbocycles. The van der Waals surface area contributed by atoms with Crippen LogP contribution in [0.3, 0.4) is 0 Å². The molecule has 0 radical (unpaired) electrons. The van der Waals surface area contributed by atoms with E-state index in [4.69, 9.17) is 14.2 Å². The van der Waals surface area contributed by atoms with Crippen LogP contribution in [0.25, 0.3) is 5.76 Å². The molecule has 1 atom stereocenters. The number of aromatic nitrogens is 1. The van der Waals surface area contributed by atoms with Crippen molar-refractivity contribution >= 4 is 23.3 Å². The molecule has 1 unspecified atom stereocenters. The van der Waals surface area contributed by atoms with Gasteiger partial charge in [-0.3, -0.25) is 14.5 Å². The zero-order valence-corrected chi connectivity index (χ0v) is 18.3. The molecule has 1 aromatic heterocycles. The van der Waals surface area contributed by atoms with Crippen molar-refractivity contribution in [3.05, 3.63) is 83.6 Å². The summed E-state index contributed by atoms with van der Waals surface area (Å²) in [6.45, 7) is 0. The second kappa shape index (κ2) is 9.04. The summed E-state index contributed by atoms with van der Waals surface area (Å²) < 4.78 is 16.2. The van der Waals surface area contributed by atoms with Gasteiger partial charge in [0.25, 0.3) is 5.78 Å². The lowest BCUT2D eigenvalue weighted by atomic mass is 9.94. The molecule has 1 N–H and O–H groups in total. The topological polar surface area (TPSA) is 98.2 Å². The van der Waals surface area contributed by atoms with Gasteiger partial charge in [-0.25, -0.2) is 4.98 Å². The minimum atomic E-state index is -0.993. The molecule has 168 valence electrons. The highest BCUT2D eigenvalue weighted by Gasteiger charge is 2.48. The lowest BCUT2D eigenvalue weighted by Gasteiger charge is -2.26. The van der Waals surface area contributed by atoms with Crippen LogP contribution in [-0.4, -0.2) is 43.1 Å². The van der Waals surface area contributed by atoms with E-state index in [1.54, 1.807) is 60.7 Å². The molecule has 1 amide bonds. The summed E-state index contributed by atoms with van der Waals surface area (Å²) in [5.74, 6) is -0.332. The normalized spacial score (nSPS) is 17.2. The molecule has 33 heavy (non-hydrogen) atoms. The molecule has 1 fully saturated rings. The zero-order chi connectivity index (χ0) is 23.5. The summed E-state index contributed by atoms with van der Waals surface area (Å²) in [6, 6.07) is 15.7. The van der Waals surface area contributed by atoms with Crippen LogP contribution in [0.4, 0.5) is 5.82 Å². The van der Waals surface area contributed by atoms with Crippen molar-refractivity contribution in [3.63, 3.8) is 0 Å². The van der Waals surface area contributed by atoms with Crippen molar-refractivity contribution < 1.29 is 28.9 Å². The molecule has 4 rings (SSSR count). The van der Waals surface area contributed by atoms with Crippen molar-refractivity contribution in [1.82, 2.24) is 4.98 Å². The number of carbonyl (C=O) groups is 2. The van der Waals surface area contributed by atoms with Crippen LogP contribution >= 0.6 is 0 Å². The number of para-hydroxylation sites is 1. The highest BCUT2D eigenvalue weighted by molar-refractivity contribution is 6.51. The van der Waals surface area contributed by atoms with E-state index in [9.17, 15) is 14.7 Å². The maximum absolute atomic E-state index is 13.2. The number of ketones is 1. The molecule has 1 aliphatic rings. The molecule has 1 saturated heterocycles. The Hall–Kier alpha value is -4.33. The number of hydrogen-bond donors (Lipinski definition) is 1. The Morgan fingerprint density at radius 1 is 0.909 bits per heavy atom. The maximum atomic E-state index is 13.2. The third-order valence-corrected chi connectivity index (χ3v) is 5.43. The first-order valence-corrected chi connectivity index (χ1v) is 10.1. The fourth-order valence-corrected chi connectivity index (χ4v) is 3.89. The van der Waals surface area contributed by atoms with Gasteiger partial charge in [-0.15, -0.1) is 0 Å². The fourth-order valence-electron chi connectivity index (χ4n) is 3.89. The molecular formula is C25H22N2O6. The fraction of sp³-hybridized carbons (Fsp3) is 0.160. The van der Waals surface area contributed by atoms with E-state index in [-0.39, 0.29) is 17.2 Å². The summed E-state index contributed by atoms with van der Waals surface area (Å²) in [5.41, 5.74) is 0.751. The van der Waals surface area contributed by atoms with Crippen molar-refractivity contribution in [3.8, 4) is 17.2 Å². The third-order valence-electron chi connectivity index (χ3n) is 5.43. The molecule has 2 heterocycles. The number of carbonyl (C=O) groups excluding carboxylic acids is 2. The smallest absolute Gasteiger partial charge is 0.301 e. The number of rotatable bonds is 6. The number of ether oxygens (including phenoxy) is 3. The van der Waals surface area contributed by atoms with Crippen LogP contribution in [0, 0.1) is 0 Å². The summed E-state index contributed by atoms with van der Waals surface area (Å²) in [7, 11) is 4.49. The summed E-state index contributed by atoms with van der Waals surface area (Å²) in [5, 5.41) is 11.2. The summed E-state index contributed by atoms with van der Waals surface area (Å²) in [6.07, 6.45) is 1.53. The van der Waals surface area contributed by atoms with Crippen molar-refractivity contribution in [2.45, 2.75) is 6.04 Å². The number of pyridine rings is 1. The van der Waals surface area contributed by atoms with Gasteiger partial charge in [0.15, 0.2) is 11.5 Å². The van der Waals surface area contributed by atoms with Gasteiger partial charge in [0.1, 0.15) is 23.4 Å². The van der Waals surface area contributed by atoms with E-state index in [1.807, 2.05) is 0 Å². The number of Topliss-reactive ketones (excluding diaryl/α,β-unsaturated/α-hetero) is 1. The number of methoxy groups -OCH3 is 3. The molecule has 8 heteroatoms. The SMILES string of the molecule is COc1ccc(/C(O)=C2\C(=O)C(=O)N(c3ccccn3)C2c2cccc(OC)c2OC)cc1. The lowest BCUT2D eigenvalue weighted by Crippen LogP contribution is -2.30. The van der Waals surface area contributed by atoms with Gasteiger partial charge in [-0.1, -0.05) is 18.2 Å². The first-order valence-electron chi connectivity index (χ1n) is 10.1. The maximum Gasteiger partial charge on any atom is 0.301 e. The predicted molar refractivity (Wildman–Crippen MR) is 122 cm³/mol. The number of benzene rings is 2. The van der Waals surface area contributed by atoms with Crippen LogP contribution < -0.4 is 19.1 Å². The molecule has 8 nitrogen and oxygen atoms in total. The van der Waals surface area contributed by atoms with Crippen molar-refractivity contribution in [2.24, 2.45) is 0 Å². The monoisotopic (exact) mass is 446 g/mol. The van der Waals surface area contributed by atoms with Crippen LogP contribution in [0.5, 0.6) is 17.2 Å². The molecular weight excluding hydrogens is 424 g/mol. The largest absolute Gasteiger partial charge is 0.507 e. The van der Waals surface area contributed by atoms with E-state index in [1.165, 1.54) is 32.4 Å². The van der Waals surface area contributed by atoms with Gasteiger partial charge >= 0.3 is 5.91 Å². The van der Waals surface area contributed by atoms with E-state index in [0.29, 0.717) is 28.4 Å². The highest BCUT2D eigenvalue weighted by atomic mass is 16.5. The minimum Gasteiger partial charge on any atom is -0.507 e. The number of amides is 1. The first kappa shape index (κ1) is 21.9. The van der Waals surface area contributed by atoms with Gasteiger partial charge in [0.2, 0.25) is 0 Å². The van der Waals surface area contributed by atoms with Gasteiger partial charge in [-0.05, 0) is 42.5 Å². The van der Waals surface area contributed by atoms with Gasteiger partial charge in [0, 0.05) is 17.3 Å². The molecule has 3 aromatic rings. The van der Waals surface area contributed by atoms with E-state index < -0.39 is 17.7 Å². The quantitative estimate of drug-likeness (QED) is 0.350. The second-order valence-corrected chi connectivity index (χ2v) is 7.17. The zero-order valence-electron chi connectivity index (χ0n) is 18.3. The van der Waals surface area contributed by atoms with Crippen molar-refractivity contribution in [2.75, 3.05) is 26.2 Å². The van der Waals surface area contributed by atoms with E-state index in [0.717, 1.165) is 0 Å². The molecule has 0 bridgehead atoms. The Morgan fingerprint density at radius 3 is 2.27 bits per heavy atom. The van der Waals surface area contributed by atoms with Gasteiger partial charge in [-0.2, -0.15) is 0 Å². The second-order valence-electron chi connectivity index (χ2n) is 7.17. The first-order chi connectivity index (χ1) is 16.0. The molecule has 2 aromatic carbocycles. The Kier molecular flexibility index (Phi) is 5.99. The molecule has 0 aliphatic carbocycles. The lowest BCUT2D eigenvalue weighted by molar-refractivity contribution is -0.132. The van der Waals surface area contributed by atoms with Crippen molar-refractivity contribution in [1.29, 1.82) is 0 Å². The number of aliphatic hydroxyl groups is 1. The Balaban J connectivity index is 1.99. The van der Waals surface area contributed by atoms with E-state index in [2.05, 4.69) is 4.98 Å². The number of hydrogen-bond acceptors (Lipinski definition) is 7. The average molecular weight is 446 g/mol. The standard InChI is InChI=1S/C25H22N2O6/c1-31-16-12-10-15(11-13-16)22(28)20-21(17-7-6-8-18(32-2)24(17)33-3)27(25(30)23(20)29)19-9-4-5-14-26-19/h4-14,21,28H,1-3H3/b22-20+. The minimum absolute atomic E-state index is 0.0811. The number of nitrogens with zero attached hydrogens (tertiary/aromatic N) is 2. The molecule has 1 aliphatic heterocycles. The van der Waals surface area contributed by atoms with Crippen LogP contribution in [0.15, 0.2) is 72.4 Å². The van der Waals surface area contributed by atoms with Crippen LogP contribution in [0.1, 0.15) is 17.2 Å². The predicted octanol–water partition coefficient (Wildman–Crippen LogP) is 3.73. The summed E-state index contributed by atoms with van der Waals surface area (Å²) in [4.78, 5) is 31.9. The Morgan fingerprint density at radius 2 is 1.67 bits per heavy atom. The molecule has 0 spiro atoms. The van der Waals surface area contributed by atoms with Gasteiger partial charge in [0.05, 0.1) is 26.9 Å². The number of aliphatic hydroxyl groups excluding tert-OH is 1. The van der Waals surface area contributed by atoms with Crippen LogP contribution in [-0.2, 0) is 9.59 Å². The Labute approximate surface area is 190 Å². The third kappa shape index (κ3) is 3.76. The Bertz CT molecular complexity index is 1220. The van der Waals surface area contributed by atoms with E-state index >= 15 is 0 Å². The highest BCUT2D eigenvalue weighted by Crippen LogP contribution is 2.46. The average Bonchev–Trinajstić information content (AvgIpc) is 3.13. The van der Waals surface area contributed by atoms with Gasteiger partial charge < -0.3 is 19.3 Å². The summed E-state index contributed by atoms with van der Waals surface area (Å²) >= 11 is 0. The van der Waals surface area contributed by atoms with Crippen LogP contribution in [0.2, 0.25) is 0 Å².